The van der Waals surface area contributed by atoms with Crippen LogP contribution in [0.2, 0.25) is 0 Å². The number of hydrogen-bond donors (Lipinski definition) is 8. The van der Waals surface area contributed by atoms with Crippen LogP contribution in [0.5, 0.6) is 0 Å². The Morgan fingerprint density at radius 3 is 1.94 bits per heavy atom. The second-order valence-corrected chi connectivity index (χ2v) is 8.09. The summed E-state index contributed by atoms with van der Waals surface area (Å²) in [5.74, 6) is -2.60. The van der Waals surface area contributed by atoms with Gasteiger partial charge in [-0.05, 0) is 6.92 Å². The van der Waals surface area contributed by atoms with Crippen molar-refractivity contribution >= 4 is 17.8 Å². The van der Waals surface area contributed by atoms with Crippen LogP contribution in [0.15, 0.2) is 0 Å². The number of aliphatic hydroxyl groups is 5. The standard InChI is InChI=1S/C19H32N2O13/c1-6(17(28)29)31-16-12(21-8(3)25)18(30)32-10(5-23)15(16)34-19-11(20-7(2)24)14(27)13(26)9(4-22)33-19/h6,9-16,18-19,22-23,26-27,30H,4-5H2,1-3H3,(H,20,24)(H,21,25)(H,28,29)/t6?,9-,10-,11-,12-,13-,14-,15-,16-,18+,19+/m1/s1. The molecular formula is C19H32N2O13. The first kappa shape index (κ1) is 28.3. The smallest absolute Gasteiger partial charge is 0.332 e. The lowest BCUT2D eigenvalue weighted by Gasteiger charge is -2.48. The van der Waals surface area contributed by atoms with Crippen LogP contribution in [0.1, 0.15) is 20.8 Å². The average molecular weight is 496 g/mol. The largest absolute Gasteiger partial charge is 0.479 e. The van der Waals surface area contributed by atoms with Crippen molar-refractivity contribution in [2.45, 2.75) is 88.2 Å². The molecule has 2 fully saturated rings. The molecule has 11 atom stereocenters. The van der Waals surface area contributed by atoms with Crippen LogP contribution in [0.3, 0.4) is 0 Å². The van der Waals surface area contributed by atoms with Crippen LogP contribution in [0, 0.1) is 0 Å². The zero-order chi connectivity index (χ0) is 25.7. The molecule has 8 N–H and O–H groups in total. The fourth-order valence-corrected chi connectivity index (χ4v) is 3.82. The van der Waals surface area contributed by atoms with Gasteiger partial charge in [-0.2, -0.15) is 0 Å². The molecule has 0 bridgehead atoms. The van der Waals surface area contributed by atoms with E-state index < -0.39 is 98.4 Å². The minimum absolute atomic E-state index is 0.616. The Bertz CT molecular complexity index is 724. The maximum absolute atomic E-state index is 11.7. The Hall–Kier alpha value is -1.95. The number of aliphatic hydroxyl groups excluding tert-OH is 5. The molecule has 0 aromatic rings. The van der Waals surface area contributed by atoms with E-state index in [4.69, 9.17) is 18.9 Å². The average Bonchev–Trinajstić information content (AvgIpc) is 2.76. The molecule has 2 amide bonds. The molecule has 2 aliphatic rings. The molecule has 15 nitrogen and oxygen atoms in total. The molecule has 2 aliphatic heterocycles. The van der Waals surface area contributed by atoms with Gasteiger partial charge >= 0.3 is 5.97 Å². The normalized spacial score (nSPS) is 39.2. The first-order valence-corrected chi connectivity index (χ1v) is 10.6. The number of ether oxygens (including phenoxy) is 4. The van der Waals surface area contributed by atoms with E-state index in [1.165, 1.54) is 6.92 Å². The van der Waals surface area contributed by atoms with Gasteiger partial charge in [-0.25, -0.2) is 4.79 Å². The molecule has 2 saturated heterocycles. The van der Waals surface area contributed by atoms with Gasteiger partial charge in [0.15, 0.2) is 18.7 Å². The molecule has 2 heterocycles. The van der Waals surface area contributed by atoms with Gasteiger partial charge < -0.3 is 60.2 Å². The van der Waals surface area contributed by atoms with Crippen molar-refractivity contribution in [3.63, 3.8) is 0 Å². The molecule has 0 spiro atoms. The second kappa shape index (κ2) is 12.1. The maximum Gasteiger partial charge on any atom is 0.332 e. The molecule has 196 valence electrons. The lowest BCUT2D eigenvalue weighted by Crippen LogP contribution is -2.69. The van der Waals surface area contributed by atoms with Crippen molar-refractivity contribution < 1.29 is 64.0 Å². The Morgan fingerprint density at radius 1 is 0.882 bits per heavy atom. The second-order valence-electron chi connectivity index (χ2n) is 8.09. The van der Waals surface area contributed by atoms with Gasteiger partial charge in [0.2, 0.25) is 11.8 Å². The topological polar surface area (TPSA) is 234 Å². The number of carbonyl (C=O) groups excluding carboxylic acids is 2. The molecule has 1 unspecified atom stereocenters. The summed E-state index contributed by atoms with van der Waals surface area (Å²) in [5, 5.41) is 64.4. The Labute approximate surface area is 194 Å². The lowest BCUT2D eigenvalue weighted by molar-refractivity contribution is -0.333. The number of hydrogen-bond acceptors (Lipinski definition) is 12. The highest BCUT2D eigenvalue weighted by Crippen LogP contribution is 2.30. The van der Waals surface area contributed by atoms with Crippen molar-refractivity contribution in [1.82, 2.24) is 10.6 Å². The molecule has 0 saturated carbocycles. The monoisotopic (exact) mass is 496 g/mol. The van der Waals surface area contributed by atoms with Crippen molar-refractivity contribution in [3.8, 4) is 0 Å². The number of rotatable bonds is 9. The predicted molar refractivity (Wildman–Crippen MR) is 108 cm³/mol. The SMILES string of the molecule is CC(=O)N[C@@H]1[C@@H](OC(C)C(=O)O)[C@H](O[C@@H]2O[C@H](CO)[C@@H](O)[C@H](O)[C@H]2NC(C)=O)[C@@H](CO)O[C@@H]1O. The summed E-state index contributed by atoms with van der Waals surface area (Å²) in [4.78, 5) is 34.8. The quantitative estimate of drug-likeness (QED) is 0.150. The van der Waals surface area contributed by atoms with E-state index in [9.17, 15) is 45.0 Å². The van der Waals surface area contributed by atoms with Crippen molar-refractivity contribution in [2.24, 2.45) is 0 Å². The summed E-state index contributed by atoms with van der Waals surface area (Å²) in [7, 11) is 0. The molecule has 0 aromatic carbocycles. The van der Waals surface area contributed by atoms with Gasteiger partial charge in [0, 0.05) is 13.8 Å². The number of carboxylic acids is 1. The van der Waals surface area contributed by atoms with Gasteiger partial charge in [0.25, 0.3) is 0 Å². The predicted octanol–water partition coefficient (Wildman–Crippen LogP) is -4.61. The van der Waals surface area contributed by atoms with E-state index in [2.05, 4.69) is 10.6 Å². The van der Waals surface area contributed by atoms with Crippen LogP contribution < -0.4 is 10.6 Å². The van der Waals surface area contributed by atoms with E-state index in [1.54, 1.807) is 0 Å². The number of carboxylic acid groups (broad SMARTS) is 1. The molecule has 2 rings (SSSR count). The van der Waals surface area contributed by atoms with E-state index in [1.807, 2.05) is 0 Å². The molecule has 15 heteroatoms. The van der Waals surface area contributed by atoms with Crippen LogP contribution in [-0.2, 0) is 33.3 Å². The van der Waals surface area contributed by atoms with E-state index in [-0.39, 0.29) is 0 Å². The summed E-state index contributed by atoms with van der Waals surface area (Å²) in [6, 6.07) is -2.71. The number of nitrogens with one attached hydrogen (secondary N) is 2. The van der Waals surface area contributed by atoms with Crippen LogP contribution in [0.4, 0.5) is 0 Å². The van der Waals surface area contributed by atoms with Crippen LogP contribution >= 0.6 is 0 Å². The number of amides is 2. The summed E-state index contributed by atoms with van der Waals surface area (Å²) in [5.41, 5.74) is 0. The van der Waals surface area contributed by atoms with Gasteiger partial charge in [0.1, 0.15) is 48.7 Å². The summed E-state index contributed by atoms with van der Waals surface area (Å²) < 4.78 is 22.3. The molecule has 34 heavy (non-hydrogen) atoms. The Morgan fingerprint density at radius 2 is 1.44 bits per heavy atom. The highest BCUT2D eigenvalue weighted by atomic mass is 16.7. The van der Waals surface area contributed by atoms with Gasteiger partial charge in [-0.1, -0.05) is 0 Å². The third kappa shape index (κ3) is 6.59. The first-order valence-electron chi connectivity index (χ1n) is 10.6. The highest BCUT2D eigenvalue weighted by Gasteiger charge is 2.52. The number of aliphatic carboxylic acids is 1. The molecule has 0 aliphatic carbocycles. The van der Waals surface area contributed by atoms with Gasteiger partial charge in [-0.15, -0.1) is 0 Å². The van der Waals surface area contributed by atoms with Crippen LogP contribution in [0.25, 0.3) is 0 Å². The van der Waals surface area contributed by atoms with Gasteiger partial charge in [-0.3, -0.25) is 9.59 Å². The third-order valence-corrected chi connectivity index (χ3v) is 5.47. The van der Waals surface area contributed by atoms with E-state index in [0.717, 1.165) is 13.8 Å². The van der Waals surface area contributed by atoms with Crippen molar-refractivity contribution in [1.29, 1.82) is 0 Å². The summed E-state index contributed by atoms with van der Waals surface area (Å²) >= 11 is 0. The zero-order valence-electron chi connectivity index (χ0n) is 18.8. The van der Waals surface area contributed by atoms with E-state index >= 15 is 0 Å². The van der Waals surface area contributed by atoms with E-state index in [0.29, 0.717) is 0 Å². The van der Waals surface area contributed by atoms with Crippen molar-refractivity contribution in [3.05, 3.63) is 0 Å². The Kier molecular flexibility index (Phi) is 10.1. The minimum atomic E-state index is -1.72. The minimum Gasteiger partial charge on any atom is -0.479 e. The fourth-order valence-electron chi connectivity index (χ4n) is 3.82. The molecule has 0 aromatic heterocycles. The highest BCUT2D eigenvalue weighted by molar-refractivity contribution is 5.74. The lowest BCUT2D eigenvalue weighted by atomic mass is 9.94. The molecular weight excluding hydrogens is 464 g/mol. The summed E-state index contributed by atoms with van der Waals surface area (Å²) in [6.07, 6.45) is -13.5. The Balaban J connectivity index is 2.44. The zero-order valence-corrected chi connectivity index (χ0v) is 18.8. The fraction of sp³-hybridized carbons (Fsp3) is 0.842. The third-order valence-electron chi connectivity index (χ3n) is 5.47. The van der Waals surface area contributed by atoms with Gasteiger partial charge in [0.05, 0.1) is 13.2 Å². The van der Waals surface area contributed by atoms with Crippen molar-refractivity contribution in [2.75, 3.05) is 13.2 Å². The molecule has 0 radical (unpaired) electrons. The van der Waals surface area contributed by atoms with Crippen LogP contribution in [-0.4, -0.2) is 129 Å². The first-order chi connectivity index (χ1) is 15.9. The summed E-state index contributed by atoms with van der Waals surface area (Å²) in [6.45, 7) is 2.00. The maximum atomic E-state index is 11.7. The number of carbonyl (C=O) groups is 3.